The van der Waals surface area contributed by atoms with Gasteiger partial charge in [-0.3, -0.25) is 9.79 Å². The van der Waals surface area contributed by atoms with Crippen LogP contribution in [0.4, 0.5) is 10.1 Å². The Morgan fingerprint density at radius 2 is 2.25 bits per heavy atom. The highest BCUT2D eigenvalue weighted by Gasteiger charge is 2.48. The van der Waals surface area contributed by atoms with Crippen LogP contribution in [0.1, 0.15) is 35.3 Å². The number of amidine groups is 1. The first-order valence-corrected chi connectivity index (χ1v) is 11.2. The zero-order chi connectivity index (χ0) is 19.7. The molecule has 1 aliphatic heterocycles. The van der Waals surface area contributed by atoms with Crippen molar-refractivity contribution < 1.29 is 9.18 Å². The van der Waals surface area contributed by atoms with Gasteiger partial charge in [-0.2, -0.15) is 0 Å². The van der Waals surface area contributed by atoms with Crippen LogP contribution in [0.3, 0.4) is 0 Å². The molecule has 1 aromatic heterocycles. The molecule has 146 valence electrons. The Hall–Kier alpha value is -2.13. The van der Waals surface area contributed by atoms with Crippen molar-refractivity contribution in [1.82, 2.24) is 9.97 Å². The number of anilines is 1. The zero-order valence-corrected chi connectivity index (χ0v) is 16.9. The van der Waals surface area contributed by atoms with E-state index in [0.717, 1.165) is 30.0 Å². The summed E-state index contributed by atoms with van der Waals surface area (Å²) in [7, 11) is 0. The Morgan fingerprint density at radius 1 is 1.39 bits per heavy atom. The number of aromatic nitrogens is 2. The first-order chi connectivity index (χ1) is 13.5. The average molecular weight is 418 g/mol. The van der Waals surface area contributed by atoms with Crippen LogP contribution in [-0.4, -0.2) is 33.1 Å². The number of hydrogen-bond acceptors (Lipinski definition) is 7. The predicted molar refractivity (Wildman–Crippen MR) is 111 cm³/mol. The summed E-state index contributed by atoms with van der Waals surface area (Å²) in [5.41, 5.74) is 6.56. The number of rotatable bonds is 4. The van der Waals surface area contributed by atoms with E-state index in [1.54, 1.807) is 18.3 Å². The molecule has 1 fully saturated rings. The number of thioether (sulfide) groups is 2. The molecule has 2 atom stereocenters. The van der Waals surface area contributed by atoms with Crippen LogP contribution in [0, 0.1) is 11.7 Å². The van der Waals surface area contributed by atoms with E-state index in [4.69, 9.17) is 5.73 Å². The molecule has 0 saturated heterocycles. The fourth-order valence-corrected chi connectivity index (χ4v) is 5.29. The van der Waals surface area contributed by atoms with Gasteiger partial charge in [0.25, 0.3) is 5.91 Å². The maximum Gasteiger partial charge on any atom is 0.275 e. The summed E-state index contributed by atoms with van der Waals surface area (Å²) in [4.78, 5) is 25.5. The van der Waals surface area contributed by atoms with Gasteiger partial charge in [0.1, 0.15) is 16.5 Å². The molecular formula is C19H20FN5OS2. The van der Waals surface area contributed by atoms with Gasteiger partial charge < -0.3 is 11.1 Å². The van der Waals surface area contributed by atoms with Crippen LogP contribution in [0.25, 0.3) is 0 Å². The maximum atomic E-state index is 14.8. The number of carbonyl (C=O) groups is 1. The van der Waals surface area contributed by atoms with Crippen LogP contribution in [0.2, 0.25) is 0 Å². The number of nitrogens with one attached hydrogen (secondary N) is 1. The third kappa shape index (κ3) is 3.48. The summed E-state index contributed by atoms with van der Waals surface area (Å²) in [6, 6.07) is 4.61. The lowest BCUT2D eigenvalue weighted by molar-refractivity contribution is 0.102. The predicted octanol–water partition coefficient (Wildman–Crippen LogP) is 3.65. The molecule has 1 saturated carbocycles. The summed E-state index contributed by atoms with van der Waals surface area (Å²) in [6.07, 6.45) is 7.61. The smallest absolute Gasteiger partial charge is 0.275 e. The zero-order valence-electron chi connectivity index (χ0n) is 15.3. The molecule has 3 N–H and O–H groups in total. The van der Waals surface area contributed by atoms with Crippen molar-refractivity contribution in [2.75, 3.05) is 17.3 Å². The van der Waals surface area contributed by atoms with Crippen molar-refractivity contribution in [3.8, 4) is 0 Å². The van der Waals surface area contributed by atoms with E-state index in [2.05, 4.69) is 20.3 Å². The van der Waals surface area contributed by atoms with E-state index < -0.39 is 5.54 Å². The van der Waals surface area contributed by atoms with Crippen molar-refractivity contribution in [3.63, 3.8) is 0 Å². The molecule has 0 bridgehead atoms. The van der Waals surface area contributed by atoms with Gasteiger partial charge in [0.05, 0.1) is 17.9 Å². The summed E-state index contributed by atoms with van der Waals surface area (Å²) >= 11 is 2.98. The highest BCUT2D eigenvalue weighted by atomic mass is 32.2. The minimum Gasteiger partial charge on any atom is -0.379 e. The van der Waals surface area contributed by atoms with Gasteiger partial charge in [-0.05, 0) is 43.2 Å². The SMILES string of the molecule is CSc1cnc(C(=O)Nc2ccc(F)c(C34CCCC3CSC(N)=N4)c2)cn1. The molecule has 9 heteroatoms. The number of carbonyl (C=O) groups excluding carboxylic acids is 1. The second-order valence-electron chi connectivity index (χ2n) is 6.87. The minimum absolute atomic E-state index is 0.205. The third-order valence-corrected chi connectivity index (χ3v) is 6.87. The molecule has 0 radical (unpaired) electrons. The molecule has 2 unspecified atom stereocenters. The number of nitrogens with two attached hydrogens (primary N) is 1. The van der Waals surface area contributed by atoms with Gasteiger partial charge in [0.2, 0.25) is 0 Å². The average Bonchev–Trinajstić information content (AvgIpc) is 3.13. The van der Waals surface area contributed by atoms with E-state index in [0.29, 0.717) is 16.4 Å². The molecule has 1 aliphatic carbocycles. The van der Waals surface area contributed by atoms with Crippen LogP contribution < -0.4 is 11.1 Å². The Kier molecular flexibility index (Phi) is 5.29. The number of fused-ring (bicyclic) bond motifs is 1. The van der Waals surface area contributed by atoms with Crippen molar-refractivity contribution in [3.05, 3.63) is 47.7 Å². The molecule has 1 amide bonds. The van der Waals surface area contributed by atoms with Gasteiger partial charge in [-0.1, -0.05) is 18.2 Å². The van der Waals surface area contributed by atoms with E-state index in [-0.39, 0.29) is 23.3 Å². The topological polar surface area (TPSA) is 93.3 Å². The summed E-state index contributed by atoms with van der Waals surface area (Å²) in [5.74, 6) is 0.371. The van der Waals surface area contributed by atoms with Crippen molar-refractivity contribution in [2.24, 2.45) is 16.6 Å². The van der Waals surface area contributed by atoms with Crippen LogP contribution in [-0.2, 0) is 5.54 Å². The van der Waals surface area contributed by atoms with Gasteiger partial charge >= 0.3 is 0 Å². The monoisotopic (exact) mass is 417 g/mol. The first-order valence-electron chi connectivity index (χ1n) is 8.97. The third-order valence-electron chi connectivity index (χ3n) is 5.29. The molecule has 0 spiro atoms. The molecule has 28 heavy (non-hydrogen) atoms. The number of hydrogen-bond donors (Lipinski definition) is 2. The highest BCUT2D eigenvalue weighted by Crippen LogP contribution is 2.51. The Bertz CT molecular complexity index is 936. The van der Waals surface area contributed by atoms with Crippen LogP contribution in [0.15, 0.2) is 40.6 Å². The molecule has 1 aromatic carbocycles. The molecular weight excluding hydrogens is 397 g/mol. The van der Waals surface area contributed by atoms with Gasteiger partial charge in [0.15, 0.2) is 5.17 Å². The lowest BCUT2D eigenvalue weighted by atomic mass is 9.81. The Labute approximate surface area is 171 Å². The first kappa shape index (κ1) is 19.2. The maximum absolute atomic E-state index is 14.8. The highest BCUT2D eigenvalue weighted by molar-refractivity contribution is 8.13. The van der Waals surface area contributed by atoms with Gasteiger partial charge in [-0.15, -0.1) is 11.8 Å². The normalized spacial score (nSPS) is 23.8. The van der Waals surface area contributed by atoms with Crippen molar-refractivity contribution in [1.29, 1.82) is 0 Å². The number of amides is 1. The van der Waals surface area contributed by atoms with Crippen molar-refractivity contribution in [2.45, 2.75) is 29.8 Å². The molecule has 4 rings (SSSR count). The summed E-state index contributed by atoms with van der Waals surface area (Å²) in [6.45, 7) is 0. The Balaban J connectivity index is 1.64. The molecule has 2 heterocycles. The van der Waals surface area contributed by atoms with Gasteiger partial charge in [-0.25, -0.2) is 14.4 Å². The summed E-state index contributed by atoms with van der Waals surface area (Å²) < 4.78 is 14.8. The molecule has 2 aromatic rings. The van der Waals surface area contributed by atoms with E-state index in [9.17, 15) is 9.18 Å². The molecule has 6 nitrogen and oxygen atoms in total. The standard InChI is InChI=1S/C19H20FN5OS2/c1-27-16-9-22-15(8-23-16)17(26)24-12-4-5-14(20)13(7-12)19-6-2-3-11(19)10-28-18(21)25-19/h4-5,7-9,11H,2-3,6,10H2,1H3,(H2,21,25)(H,24,26). The number of halogens is 1. The quantitative estimate of drug-likeness (QED) is 0.738. The van der Waals surface area contributed by atoms with E-state index >= 15 is 0 Å². The number of aliphatic imine (C=N–C) groups is 1. The fourth-order valence-electron chi connectivity index (χ4n) is 3.93. The number of benzene rings is 1. The number of nitrogens with zero attached hydrogens (tertiary/aromatic N) is 3. The second-order valence-corrected chi connectivity index (χ2v) is 8.73. The molecule has 2 aliphatic rings. The summed E-state index contributed by atoms with van der Waals surface area (Å²) in [5, 5.41) is 4.02. The van der Waals surface area contributed by atoms with Crippen molar-refractivity contribution >= 4 is 40.3 Å². The van der Waals surface area contributed by atoms with Gasteiger partial charge in [0, 0.05) is 17.0 Å². The van der Waals surface area contributed by atoms with E-state index in [1.807, 2.05) is 6.26 Å². The minimum atomic E-state index is -0.639. The Morgan fingerprint density at radius 3 is 3.00 bits per heavy atom. The fraction of sp³-hybridized carbons (Fsp3) is 0.368. The van der Waals surface area contributed by atoms with Crippen LogP contribution >= 0.6 is 23.5 Å². The second kappa shape index (κ2) is 7.71. The lowest BCUT2D eigenvalue weighted by Crippen LogP contribution is -2.37. The largest absolute Gasteiger partial charge is 0.379 e. The lowest BCUT2D eigenvalue weighted by Gasteiger charge is -2.36. The van der Waals surface area contributed by atoms with E-state index in [1.165, 1.54) is 35.8 Å². The van der Waals surface area contributed by atoms with Crippen LogP contribution in [0.5, 0.6) is 0 Å².